The van der Waals surface area contributed by atoms with Crippen molar-refractivity contribution in [2.75, 3.05) is 0 Å². The lowest BCUT2D eigenvalue weighted by Gasteiger charge is -2.33. The molecule has 0 atom stereocenters. The number of hydrogen-bond donors (Lipinski definition) is 0. The number of aromatic nitrogens is 1. The van der Waals surface area contributed by atoms with Crippen LogP contribution < -0.4 is 25.9 Å². The third-order valence-electron chi connectivity index (χ3n) is 7.40. The highest BCUT2D eigenvalue weighted by Gasteiger charge is 2.41. The molecule has 0 radical (unpaired) electrons. The lowest BCUT2D eigenvalue weighted by Crippen LogP contribution is -2.57. The second kappa shape index (κ2) is 7.86. The van der Waals surface area contributed by atoms with E-state index in [9.17, 15) is 0 Å². The van der Waals surface area contributed by atoms with E-state index in [0.717, 1.165) is 56.2 Å². The van der Waals surface area contributed by atoms with Crippen LogP contribution in [0.25, 0.3) is 22.4 Å². The molecule has 4 aromatic carbocycles. The highest BCUT2D eigenvalue weighted by atomic mass is 16.5. The van der Waals surface area contributed by atoms with E-state index in [1.54, 1.807) is 0 Å². The van der Waals surface area contributed by atoms with E-state index in [4.69, 9.17) is 14.5 Å². The number of hydrogen-bond acceptors (Lipinski definition) is 3. The fraction of sp³-hybridized carbons (Fsp3) is 0.0938. The summed E-state index contributed by atoms with van der Waals surface area (Å²) in [6, 6.07) is 29.5. The molecule has 4 heteroatoms. The van der Waals surface area contributed by atoms with Crippen LogP contribution in [0.15, 0.2) is 91.1 Å². The monoisotopic (exact) mass is 465 g/mol. The highest BCUT2D eigenvalue weighted by molar-refractivity contribution is 6.98. The van der Waals surface area contributed by atoms with Gasteiger partial charge in [0.25, 0.3) is 6.71 Å². The summed E-state index contributed by atoms with van der Waals surface area (Å²) in [5.41, 5.74) is 11.4. The molecule has 2 aliphatic heterocycles. The Balaban J connectivity index is 1.40. The van der Waals surface area contributed by atoms with Gasteiger partial charge in [0.1, 0.15) is 23.0 Å². The van der Waals surface area contributed by atoms with Crippen LogP contribution in [0.3, 0.4) is 0 Å². The lowest BCUT2D eigenvalue weighted by molar-refractivity contribution is 0.465. The molecule has 1 aromatic heterocycles. The number of benzene rings is 4. The van der Waals surface area contributed by atoms with E-state index in [1.165, 1.54) is 22.3 Å². The number of pyridine rings is 1. The van der Waals surface area contributed by atoms with Gasteiger partial charge < -0.3 is 9.47 Å². The average molecular weight is 465 g/mol. The molecule has 0 saturated carbocycles. The van der Waals surface area contributed by atoms with Gasteiger partial charge in [-0.05, 0) is 78.7 Å². The zero-order valence-electron chi connectivity index (χ0n) is 20.5. The van der Waals surface area contributed by atoms with Crippen LogP contribution >= 0.6 is 0 Å². The minimum absolute atomic E-state index is 0.0560. The van der Waals surface area contributed by atoms with Crippen molar-refractivity contribution in [1.82, 2.24) is 4.98 Å². The molecular weight excluding hydrogens is 441 g/mol. The quantitative estimate of drug-likeness (QED) is 0.291. The average Bonchev–Trinajstić information content (AvgIpc) is 2.89. The highest BCUT2D eigenvalue weighted by Crippen LogP contribution is 2.40. The maximum atomic E-state index is 6.59. The molecule has 0 amide bonds. The van der Waals surface area contributed by atoms with E-state index >= 15 is 0 Å². The molecule has 5 aromatic rings. The fourth-order valence-corrected chi connectivity index (χ4v) is 5.69. The molecular formula is C32H24BNO2. The van der Waals surface area contributed by atoms with Crippen LogP contribution in [0.4, 0.5) is 0 Å². The van der Waals surface area contributed by atoms with Crippen molar-refractivity contribution in [2.24, 2.45) is 0 Å². The largest absolute Gasteiger partial charge is 0.458 e. The molecule has 3 nitrogen and oxygen atoms in total. The number of ether oxygens (including phenoxy) is 2. The Labute approximate surface area is 211 Å². The molecule has 0 fully saturated rings. The van der Waals surface area contributed by atoms with Crippen LogP contribution in [0.2, 0.25) is 0 Å². The lowest BCUT2D eigenvalue weighted by atomic mass is 9.34. The van der Waals surface area contributed by atoms with E-state index < -0.39 is 0 Å². The van der Waals surface area contributed by atoms with Crippen molar-refractivity contribution in [2.45, 2.75) is 20.8 Å². The molecule has 7 rings (SSSR count). The Morgan fingerprint density at radius 2 is 1.28 bits per heavy atom. The topological polar surface area (TPSA) is 31.4 Å². The zero-order valence-corrected chi connectivity index (χ0v) is 20.5. The fourth-order valence-electron chi connectivity index (χ4n) is 5.69. The van der Waals surface area contributed by atoms with Gasteiger partial charge in [0.2, 0.25) is 0 Å². The standard InChI is InChI=1S/C32H24BNO2/c1-19-12-13-22(20(2)16-19)24-18-34-27(17-21(24)3)23-14-15-30-31-32(23)36-29-11-7-5-9-26(29)33(31)25-8-4-6-10-28(25)35-30/h4-18H,1-3H3. The smallest absolute Gasteiger partial charge is 0.260 e. The van der Waals surface area contributed by atoms with Crippen molar-refractivity contribution in [1.29, 1.82) is 0 Å². The van der Waals surface area contributed by atoms with Crippen molar-refractivity contribution < 1.29 is 9.47 Å². The van der Waals surface area contributed by atoms with Crippen LogP contribution in [0.5, 0.6) is 23.0 Å². The number of nitrogens with zero attached hydrogens (tertiary/aromatic N) is 1. The number of aryl methyl sites for hydroxylation is 3. The first-order chi connectivity index (χ1) is 17.6. The third kappa shape index (κ3) is 3.11. The van der Waals surface area contributed by atoms with Gasteiger partial charge in [-0.25, -0.2) is 0 Å². The van der Waals surface area contributed by atoms with Gasteiger partial charge in [-0.3, -0.25) is 4.98 Å². The van der Waals surface area contributed by atoms with E-state index in [0.29, 0.717) is 0 Å². The summed E-state index contributed by atoms with van der Waals surface area (Å²) in [6.07, 6.45) is 1.99. The second-order valence-electron chi connectivity index (χ2n) is 9.77. The summed E-state index contributed by atoms with van der Waals surface area (Å²) < 4.78 is 12.9. The Kier molecular flexibility index (Phi) is 4.59. The van der Waals surface area contributed by atoms with Gasteiger partial charge in [0.05, 0.1) is 5.69 Å². The van der Waals surface area contributed by atoms with Crippen molar-refractivity contribution in [3.05, 3.63) is 108 Å². The number of para-hydroxylation sites is 2. The summed E-state index contributed by atoms with van der Waals surface area (Å²) in [5, 5.41) is 0. The molecule has 0 aliphatic carbocycles. The maximum Gasteiger partial charge on any atom is 0.260 e. The zero-order chi connectivity index (χ0) is 24.4. The van der Waals surface area contributed by atoms with Crippen molar-refractivity contribution in [3.8, 4) is 45.4 Å². The Morgan fingerprint density at radius 1 is 0.611 bits per heavy atom. The first kappa shape index (κ1) is 21.0. The van der Waals surface area contributed by atoms with E-state index in [1.807, 2.05) is 24.4 Å². The summed E-state index contributed by atoms with van der Waals surface area (Å²) in [4.78, 5) is 4.94. The normalized spacial score (nSPS) is 12.7. The summed E-state index contributed by atoms with van der Waals surface area (Å²) in [5.74, 6) is 3.46. The predicted molar refractivity (Wildman–Crippen MR) is 147 cm³/mol. The Hall–Kier alpha value is -4.31. The van der Waals surface area contributed by atoms with Gasteiger partial charge in [-0.15, -0.1) is 0 Å². The molecule has 2 aliphatic rings. The molecule has 0 unspecified atom stereocenters. The summed E-state index contributed by atoms with van der Waals surface area (Å²) >= 11 is 0. The number of fused-ring (bicyclic) bond motifs is 4. The molecule has 3 heterocycles. The molecule has 0 saturated heterocycles. The molecule has 0 bridgehead atoms. The second-order valence-corrected chi connectivity index (χ2v) is 9.77. The summed E-state index contributed by atoms with van der Waals surface area (Å²) in [7, 11) is 0. The van der Waals surface area contributed by atoms with Gasteiger partial charge in [-0.1, -0.05) is 60.2 Å². The SMILES string of the molecule is Cc1ccc(-c2cnc(-c3ccc4c5c3Oc3ccccc3B5c3ccccc3O4)cc2C)c(C)c1. The van der Waals surface area contributed by atoms with Gasteiger partial charge in [-0.2, -0.15) is 0 Å². The minimum atomic E-state index is 0.0560. The predicted octanol–water partition coefficient (Wildman–Crippen LogP) is 6.07. The molecule has 0 spiro atoms. The number of rotatable bonds is 2. The van der Waals surface area contributed by atoms with Crippen LogP contribution in [0.1, 0.15) is 16.7 Å². The minimum Gasteiger partial charge on any atom is -0.458 e. The van der Waals surface area contributed by atoms with Crippen LogP contribution in [-0.2, 0) is 0 Å². The van der Waals surface area contributed by atoms with Crippen LogP contribution in [0, 0.1) is 20.8 Å². The molecule has 36 heavy (non-hydrogen) atoms. The third-order valence-corrected chi connectivity index (χ3v) is 7.40. The van der Waals surface area contributed by atoms with Gasteiger partial charge in [0.15, 0.2) is 0 Å². The van der Waals surface area contributed by atoms with Crippen molar-refractivity contribution in [3.63, 3.8) is 0 Å². The molecule has 172 valence electrons. The molecule has 0 N–H and O–H groups in total. The Morgan fingerprint density at radius 3 is 2.00 bits per heavy atom. The van der Waals surface area contributed by atoms with Gasteiger partial charge in [0, 0.05) is 22.8 Å². The summed E-state index contributed by atoms with van der Waals surface area (Å²) in [6.45, 7) is 6.50. The van der Waals surface area contributed by atoms with Gasteiger partial charge >= 0.3 is 0 Å². The van der Waals surface area contributed by atoms with E-state index in [-0.39, 0.29) is 6.71 Å². The first-order valence-electron chi connectivity index (χ1n) is 12.3. The van der Waals surface area contributed by atoms with E-state index in [2.05, 4.69) is 87.5 Å². The van der Waals surface area contributed by atoms with Crippen LogP contribution in [-0.4, -0.2) is 11.7 Å². The first-order valence-corrected chi connectivity index (χ1v) is 12.3. The van der Waals surface area contributed by atoms with Crippen molar-refractivity contribution >= 4 is 23.1 Å². The Bertz CT molecular complexity index is 1680. The maximum absolute atomic E-state index is 6.59.